The lowest BCUT2D eigenvalue weighted by Crippen LogP contribution is -2.27. The summed E-state index contributed by atoms with van der Waals surface area (Å²) in [5, 5.41) is 11.0. The molecule has 2 aromatic rings. The van der Waals surface area contributed by atoms with Crippen LogP contribution in [0.5, 0.6) is 0 Å². The maximum atomic E-state index is 13.3. The number of amides is 1. The van der Waals surface area contributed by atoms with E-state index in [0.29, 0.717) is 11.3 Å². The number of benzene rings is 2. The number of nitro benzene ring substituents is 1. The van der Waals surface area contributed by atoms with E-state index < -0.39 is 16.6 Å². The van der Waals surface area contributed by atoms with Crippen molar-refractivity contribution in [2.45, 2.75) is 0 Å². The van der Waals surface area contributed by atoms with Gasteiger partial charge < -0.3 is 0 Å². The first kappa shape index (κ1) is 18.8. The van der Waals surface area contributed by atoms with Crippen molar-refractivity contribution in [2.24, 2.45) is 0 Å². The molecule has 0 radical (unpaired) electrons. The monoisotopic (exact) mass is 428 g/mol. The standard InChI is InChI=1S/C16H7Cl2FN2O3S2/c17-11-3-1-10(21(23)24)5-8(11)6-14-15(22)20(16(25)26-14)9-2-4-13(19)12(18)7-9/h1-7H. The molecule has 5 nitrogen and oxygen atoms in total. The highest BCUT2D eigenvalue weighted by molar-refractivity contribution is 8.27. The lowest BCUT2D eigenvalue weighted by molar-refractivity contribution is -0.384. The van der Waals surface area contributed by atoms with Crippen LogP contribution in [0.4, 0.5) is 15.8 Å². The van der Waals surface area contributed by atoms with E-state index in [-0.39, 0.29) is 25.0 Å². The van der Waals surface area contributed by atoms with Crippen LogP contribution in [0.2, 0.25) is 10.0 Å². The van der Waals surface area contributed by atoms with Crippen molar-refractivity contribution in [3.63, 3.8) is 0 Å². The van der Waals surface area contributed by atoms with Crippen LogP contribution in [0.3, 0.4) is 0 Å². The molecule has 0 N–H and O–H groups in total. The van der Waals surface area contributed by atoms with Crippen molar-refractivity contribution in [1.29, 1.82) is 0 Å². The van der Waals surface area contributed by atoms with Crippen LogP contribution in [-0.2, 0) is 4.79 Å². The smallest absolute Gasteiger partial charge is 0.268 e. The third-order valence-corrected chi connectivity index (χ3v) is 5.37. The third kappa shape index (κ3) is 3.59. The number of carbonyl (C=O) groups excluding carboxylic acids is 1. The molecule has 1 fully saturated rings. The largest absolute Gasteiger partial charge is 0.270 e. The van der Waals surface area contributed by atoms with Gasteiger partial charge in [0.2, 0.25) is 0 Å². The number of anilines is 1. The Balaban J connectivity index is 1.98. The van der Waals surface area contributed by atoms with E-state index in [4.69, 9.17) is 35.4 Å². The maximum absolute atomic E-state index is 13.3. The molecule has 26 heavy (non-hydrogen) atoms. The van der Waals surface area contributed by atoms with Crippen molar-refractivity contribution in [3.8, 4) is 0 Å². The molecule has 0 aromatic heterocycles. The minimum absolute atomic E-state index is 0.137. The number of non-ortho nitro benzene ring substituents is 1. The van der Waals surface area contributed by atoms with Gasteiger partial charge in [0.1, 0.15) is 5.82 Å². The summed E-state index contributed by atoms with van der Waals surface area (Å²) in [4.78, 5) is 24.5. The Morgan fingerprint density at radius 3 is 2.58 bits per heavy atom. The fraction of sp³-hybridized carbons (Fsp3) is 0. The second-order valence-electron chi connectivity index (χ2n) is 5.08. The number of rotatable bonds is 3. The van der Waals surface area contributed by atoms with Crippen LogP contribution in [0, 0.1) is 15.9 Å². The average molecular weight is 429 g/mol. The van der Waals surface area contributed by atoms with Crippen LogP contribution in [0.25, 0.3) is 6.08 Å². The number of thiocarbonyl (C=S) groups is 1. The Kier molecular flexibility index (Phi) is 5.29. The number of hydrogen-bond acceptors (Lipinski definition) is 5. The first-order valence-electron chi connectivity index (χ1n) is 6.95. The van der Waals surface area contributed by atoms with Crippen molar-refractivity contribution in [1.82, 2.24) is 0 Å². The van der Waals surface area contributed by atoms with Crippen molar-refractivity contribution in [2.75, 3.05) is 4.90 Å². The molecule has 132 valence electrons. The SMILES string of the molecule is O=C1C(=Cc2cc([N+](=O)[O-])ccc2Cl)SC(=S)N1c1ccc(F)c(Cl)c1. The lowest BCUT2D eigenvalue weighted by atomic mass is 10.2. The van der Waals surface area contributed by atoms with E-state index >= 15 is 0 Å². The molecule has 1 saturated heterocycles. The quantitative estimate of drug-likeness (QED) is 0.281. The molecule has 0 saturated carbocycles. The normalized spacial score (nSPS) is 15.8. The molecule has 1 amide bonds. The first-order chi connectivity index (χ1) is 12.3. The van der Waals surface area contributed by atoms with Gasteiger partial charge in [0.05, 0.1) is 20.5 Å². The van der Waals surface area contributed by atoms with Gasteiger partial charge in [-0.15, -0.1) is 0 Å². The van der Waals surface area contributed by atoms with Gasteiger partial charge in [-0.1, -0.05) is 47.2 Å². The summed E-state index contributed by atoms with van der Waals surface area (Å²) in [5.74, 6) is -1.06. The van der Waals surface area contributed by atoms with Crippen molar-refractivity contribution < 1.29 is 14.1 Å². The molecule has 2 aromatic carbocycles. The zero-order valence-electron chi connectivity index (χ0n) is 12.6. The summed E-state index contributed by atoms with van der Waals surface area (Å²) in [6, 6.07) is 7.73. The Morgan fingerprint density at radius 2 is 1.92 bits per heavy atom. The molecule has 0 atom stereocenters. The summed E-state index contributed by atoms with van der Waals surface area (Å²) in [6.45, 7) is 0. The van der Waals surface area contributed by atoms with Gasteiger partial charge in [-0.3, -0.25) is 19.8 Å². The zero-order valence-corrected chi connectivity index (χ0v) is 15.8. The summed E-state index contributed by atoms with van der Waals surface area (Å²) in [6.07, 6.45) is 1.43. The van der Waals surface area contributed by atoms with Crippen molar-refractivity contribution >= 4 is 74.9 Å². The van der Waals surface area contributed by atoms with E-state index in [1.165, 1.54) is 41.3 Å². The molecule has 3 rings (SSSR count). The Bertz CT molecular complexity index is 997. The molecule has 1 aliphatic heterocycles. The minimum Gasteiger partial charge on any atom is -0.268 e. The maximum Gasteiger partial charge on any atom is 0.270 e. The zero-order chi connectivity index (χ0) is 19.0. The lowest BCUT2D eigenvalue weighted by Gasteiger charge is -2.14. The Morgan fingerprint density at radius 1 is 1.19 bits per heavy atom. The van der Waals surface area contributed by atoms with Gasteiger partial charge in [-0.2, -0.15) is 0 Å². The van der Waals surface area contributed by atoms with Crippen LogP contribution < -0.4 is 4.90 Å². The highest BCUT2D eigenvalue weighted by atomic mass is 35.5. The van der Waals surface area contributed by atoms with Gasteiger partial charge in [0, 0.05) is 22.7 Å². The van der Waals surface area contributed by atoms with Crippen molar-refractivity contribution in [3.05, 3.63) is 72.8 Å². The highest BCUT2D eigenvalue weighted by Gasteiger charge is 2.33. The minimum atomic E-state index is -0.611. The van der Waals surface area contributed by atoms with E-state index in [0.717, 1.165) is 17.8 Å². The van der Waals surface area contributed by atoms with Gasteiger partial charge in [-0.25, -0.2) is 4.39 Å². The molecule has 0 unspecified atom stereocenters. The molecule has 1 aliphatic rings. The number of thioether (sulfide) groups is 1. The molecular formula is C16H7Cl2FN2O3S2. The van der Waals surface area contributed by atoms with Crippen LogP contribution >= 0.6 is 47.2 Å². The number of nitrogens with zero attached hydrogens (tertiary/aromatic N) is 2. The summed E-state index contributed by atoms with van der Waals surface area (Å²) in [7, 11) is 0. The van der Waals surface area contributed by atoms with Gasteiger partial charge in [0.25, 0.3) is 11.6 Å². The topological polar surface area (TPSA) is 63.4 Å². The van der Waals surface area contributed by atoms with Crippen LogP contribution in [0.15, 0.2) is 41.3 Å². The number of nitro groups is 1. The molecule has 1 heterocycles. The molecular weight excluding hydrogens is 422 g/mol. The molecule has 0 aliphatic carbocycles. The first-order valence-corrected chi connectivity index (χ1v) is 8.93. The predicted molar refractivity (Wildman–Crippen MR) is 105 cm³/mol. The number of carbonyl (C=O) groups is 1. The predicted octanol–water partition coefficient (Wildman–Crippen LogP) is 5.45. The Hall–Kier alpha value is -2.00. The molecule has 0 bridgehead atoms. The summed E-state index contributed by atoms with van der Waals surface area (Å²) < 4.78 is 13.6. The summed E-state index contributed by atoms with van der Waals surface area (Å²) in [5.41, 5.74) is 0.493. The van der Waals surface area contributed by atoms with E-state index in [9.17, 15) is 19.3 Å². The third-order valence-electron chi connectivity index (χ3n) is 3.43. The van der Waals surface area contributed by atoms with Crippen LogP contribution in [0.1, 0.15) is 5.56 Å². The fourth-order valence-electron chi connectivity index (χ4n) is 2.21. The fourth-order valence-corrected chi connectivity index (χ4v) is 3.85. The number of hydrogen-bond donors (Lipinski definition) is 0. The second kappa shape index (κ2) is 7.32. The van der Waals surface area contributed by atoms with E-state index in [2.05, 4.69) is 0 Å². The Labute approximate surface area is 166 Å². The van der Waals surface area contributed by atoms with Gasteiger partial charge in [-0.05, 0) is 30.3 Å². The van der Waals surface area contributed by atoms with Gasteiger partial charge >= 0.3 is 0 Å². The van der Waals surface area contributed by atoms with E-state index in [1.807, 2.05) is 0 Å². The van der Waals surface area contributed by atoms with Gasteiger partial charge in [0.15, 0.2) is 4.32 Å². The highest BCUT2D eigenvalue weighted by Crippen LogP contribution is 2.38. The number of halogens is 3. The average Bonchev–Trinajstić information content (AvgIpc) is 2.86. The van der Waals surface area contributed by atoms with E-state index in [1.54, 1.807) is 0 Å². The van der Waals surface area contributed by atoms with Crippen LogP contribution in [-0.4, -0.2) is 15.2 Å². The molecule has 10 heteroatoms. The summed E-state index contributed by atoms with van der Waals surface area (Å²) >= 11 is 18.1. The second-order valence-corrected chi connectivity index (χ2v) is 7.57. The molecule has 0 spiro atoms.